The van der Waals surface area contributed by atoms with Gasteiger partial charge in [0, 0.05) is 36.3 Å². The lowest BCUT2D eigenvalue weighted by Gasteiger charge is -2.10. The van der Waals surface area contributed by atoms with Gasteiger partial charge in [0.05, 0.1) is 10.7 Å². The van der Waals surface area contributed by atoms with Gasteiger partial charge in [-0.25, -0.2) is 4.79 Å². The number of benzene rings is 2. The van der Waals surface area contributed by atoms with Crippen LogP contribution in [0.15, 0.2) is 42.5 Å². The molecule has 4 amide bonds. The lowest BCUT2D eigenvalue weighted by atomic mass is 10.2. The van der Waals surface area contributed by atoms with Crippen LogP contribution in [0.1, 0.15) is 17.3 Å². The Balaban J connectivity index is 1.87. The zero-order chi connectivity index (χ0) is 19.8. The van der Waals surface area contributed by atoms with E-state index in [1.165, 1.54) is 13.0 Å². The molecule has 4 N–H and O–H groups in total. The SMILES string of the molecule is CC(=O)NCCNC(=O)c1ccc(NC(=O)Nc2cc(Cl)ccc2Cl)cc1. The largest absolute Gasteiger partial charge is 0.355 e. The predicted molar refractivity (Wildman–Crippen MR) is 107 cm³/mol. The number of hydrogen-bond acceptors (Lipinski definition) is 3. The highest BCUT2D eigenvalue weighted by atomic mass is 35.5. The van der Waals surface area contributed by atoms with E-state index in [9.17, 15) is 14.4 Å². The molecule has 0 saturated heterocycles. The molecule has 0 bridgehead atoms. The van der Waals surface area contributed by atoms with E-state index in [0.29, 0.717) is 40.1 Å². The first-order valence-electron chi connectivity index (χ1n) is 8.01. The van der Waals surface area contributed by atoms with Crippen molar-refractivity contribution in [2.75, 3.05) is 23.7 Å². The molecule has 0 unspecified atom stereocenters. The molecule has 0 aromatic heterocycles. The van der Waals surface area contributed by atoms with Crippen LogP contribution in [0.25, 0.3) is 0 Å². The molecule has 0 aliphatic rings. The summed E-state index contributed by atoms with van der Waals surface area (Å²) in [6.07, 6.45) is 0. The minimum Gasteiger partial charge on any atom is -0.355 e. The van der Waals surface area contributed by atoms with Gasteiger partial charge in [0.1, 0.15) is 0 Å². The molecule has 0 spiro atoms. The first-order valence-corrected chi connectivity index (χ1v) is 8.76. The second-order valence-corrected chi connectivity index (χ2v) is 6.36. The summed E-state index contributed by atoms with van der Waals surface area (Å²) in [5.41, 5.74) is 1.32. The third kappa shape index (κ3) is 6.80. The molecular formula is C18H18Cl2N4O3. The second kappa shape index (κ2) is 9.80. The highest BCUT2D eigenvalue weighted by Crippen LogP contribution is 2.25. The normalized spacial score (nSPS) is 10.0. The minimum absolute atomic E-state index is 0.156. The van der Waals surface area contributed by atoms with Gasteiger partial charge in [-0.05, 0) is 42.5 Å². The van der Waals surface area contributed by atoms with Crippen molar-refractivity contribution in [3.63, 3.8) is 0 Å². The van der Waals surface area contributed by atoms with Crippen LogP contribution in [0.4, 0.5) is 16.2 Å². The Morgan fingerprint density at radius 2 is 1.56 bits per heavy atom. The summed E-state index contributed by atoms with van der Waals surface area (Å²) in [5.74, 6) is -0.431. The van der Waals surface area contributed by atoms with E-state index < -0.39 is 6.03 Å². The molecule has 0 radical (unpaired) electrons. The van der Waals surface area contributed by atoms with E-state index in [4.69, 9.17) is 23.2 Å². The van der Waals surface area contributed by atoms with Crippen LogP contribution in [-0.2, 0) is 4.79 Å². The van der Waals surface area contributed by atoms with Crippen molar-refractivity contribution >= 4 is 52.4 Å². The molecule has 0 heterocycles. The highest BCUT2D eigenvalue weighted by molar-refractivity contribution is 6.35. The fourth-order valence-corrected chi connectivity index (χ4v) is 2.44. The quantitative estimate of drug-likeness (QED) is 0.550. The fourth-order valence-electron chi connectivity index (χ4n) is 2.10. The summed E-state index contributed by atoms with van der Waals surface area (Å²) in [4.78, 5) is 34.8. The van der Waals surface area contributed by atoms with Crippen LogP contribution in [0.3, 0.4) is 0 Å². The summed E-state index contributed by atoms with van der Waals surface area (Å²) < 4.78 is 0. The number of amides is 4. The van der Waals surface area contributed by atoms with Crippen LogP contribution in [-0.4, -0.2) is 30.9 Å². The van der Waals surface area contributed by atoms with Crippen molar-refractivity contribution in [2.45, 2.75) is 6.92 Å². The number of carbonyl (C=O) groups is 3. The van der Waals surface area contributed by atoms with Gasteiger partial charge in [0.15, 0.2) is 0 Å². The fraction of sp³-hybridized carbons (Fsp3) is 0.167. The maximum Gasteiger partial charge on any atom is 0.323 e. The molecule has 0 atom stereocenters. The number of carbonyl (C=O) groups excluding carboxylic acids is 3. The summed E-state index contributed by atoms with van der Waals surface area (Å²) in [6, 6.07) is 10.6. The van der Waals surface area contributed by atoms with Gasteiger partial charge in [0.25, 0.3) is 5.91 Å². The molecule has 7 nitrogen and oxygen atoms in total. The topological polar surface area (TPSA) is 99.3 Å². The molecule has 0 aliphatic carbocycles. The van der Waals surface area contributed by atoms with Crippen molar-refractivity contribution in [1.29, 1.82) is 0 Å². The second-order valence-electron chi connectivity index (χ2n) is 5.52. The van der Waals surface area contributed by atoms with E-state index >= 15 is 0 Å². The van der Waals surface area contributed by atoms with E-state index in [2.05, 4.69) is 21.3 Å². The molecule has 0 saturated carbocycles. The van der Waals surface area contributed by atoms with Crippen LogP contribution in [0.2, 0.25) is 10.0 Å². The van der Waals surface area contributed by atoms with Crippen LogP contribution in [0.5, 0.6) is 0 Å². The van der Waals surface area contributed by atoms with Crippen LogP contribution >= 0.6 is 23.2 Å². The van der Waals surface area contributed by atoms with Crippen molar-refractivity contribution in [3.8, 4) is 0 Å². The lowest BCUT2D eigenvalue weighted by molar-refractivity contribution is -0.118. The Morgan fingerprint density at radius 1 is 0.889 bits per heavy atom. The Bertz CT molecular complexity index is 841. The van der Waals surface area contributed by atoms with Gasteiger partial charge in [0.2, 0.25) is 5.91 Å². The zero-order valence-electron chi connectivity index (χ0n) is 14.4. The monoisotopic (exact) mass is 408 g/mol. The number of hydrogen-bond donors (Lipinski definition) is 4. The number of nitrogens with one attached hydrogen (secondary N) is 4. The van der Waals surface area contributed by atoms with Crippen LogP contribution < -0.4 is 21.3 Å². The van der Waals surface area contributed by atoms with Crippen LogP contribution in [0, 0.1) is 0 Å². The maximum absolute atomic E-state index is 12.1. The van der Waals surface area contributed by atoms with Gasteiger partial charge in [-0.1, -0.05) is 23.2 Å². The molecule has 27 heavy (non-hydrogen) atoms. The van der Waals surface area contributed by atoms with E-state index in [0.717, 1.165) is 0 Å². The van der Waals surface area contributed by atoms with Crippen molar-refractivity contribution in [3.05, 3.63) is 58.1 Å². The molecule has 142 valence electrons. The number of halogens is 2. The number of anilines is 2. The molecule has 2 aromatic rings. The van der Waals surface area contributed by atoms with Gasteiger partial charge in [-0.2, -0.15) is 0 Å². The van der Waals surface area contributed by atoms with E-state index in [1.54, 1.807) is 36.4 Å². The Kier molecular flexibility index (Phi) is 7.45. The Hall–Kier alpha value is -2.77. The zero-order valence-corrected chi connectivity index (χ0v) is 15.9. The average Bonchev–Trinajstić information content (AvgIpc) is 2.62. The molecule has 9 heteroatoms. The highest BCUT2D eigenvalue weighted by Gasteiger charge is 2.08. The van der Waals surface area contributed by atoms with Gasteiger partial charge < -0.3 is 21.3 Å². The summed E-state index contributed by atoms with van der Waals surface area (Å²) in [6.45, 7) is 2.08. The third-order valence-corrected chi connectivity index (χ3v) is 3.93. The number of urea groups is 1. The Morgan fingerprint density at radius 3 is 2.22 bits per heavy atom. The van der Waals surface area contributed by atoms with E-state index in [1.807, 2.05) is 0 Å². The summed E-state index contributed by atoms with van der Waals surface area (Å²) >= 11 is 11.9. The summed E-state index contributed by atoms with van der Waals surface area (Å²) in [5, 5.41) is 11.3. The van der Waals surface area contributed by atoms with E-state index in [-0.39, 0.29) is 11.8 Å². The van der Waals surface area contributed by atoms with Crippen molar-refractivity contribution < 1.29 is 14.4 Å². The Labute approximate surface area is 166 Å². The molecular weight excluding hydrogens is 391 g/mol. The third-order valence-electron chi connectivity index (χ3n) is 3.37. The number of rotatable bonds is 6. The van der Waals surface area contributed by atoms with Crippen molar-refractivity contribution in [2.24, 2.45) is 0 Å². The van der Waals surface area contributed by atoms with Gasteiger partial charge in [-0.3, -0.25) is 9.59 Å². The maximum atomic E-state index is 12.1. The average molecular weight is 409 g/mol. The standard InChI is InChI=1S/C18H18Cl2N4O3/c1-11(25)21-8-9-22-17(26)12-2-5-14(6-3-12)23-18(27)24-16-10-13(19)4-7-15(16)20/h2-7,10H,8-9H2,1H3,(H,21,25)(H,22,26)(H2,23,24,27). The first-order chi connectivity index (χ1) is 12.8. The molecule has 2 rings (SSSR count). The van der Waals surface area contributed by atoms with Gasteiger partial charge >= 0.3 is 6.03 Å². The van der Waals surface area contributed by atoms with Gasteiger partial charge in [-0.15, -0.1) is 0 Å². The smallest absolute Gasteiger partial charge is 0.323 e. The van der Waals surface area contributed by atoms with Crippen molar-refractivity contribution in [1.82, 2.24) is 10.6 Å². The molecule has 2 aromatic carbocycles. The first kappa shape index (κ1) is 20.5. The summed E-state index contributed by atoms with van der Waals surface area (Å²) in [7, 11) is 0. The molecule has 0 aliphatic heterocycles. The lowest BCUT2D eigenvalue weighted by Crippen LogP contribution is -2.33. The predicted octanol–water partition coefficient (Wildman–Crippen LogP) is 3.50. The minimum atomic E-state index is -0.494. The molecule has 0 fully saturated rings.